The highest BCUT2D eigenvalue weighted by Crippen LogP contribution is 2.45. The minimum atomic E-state index is -1.22. The van der Waals surface area contributed by atoms with E-state index in [4.69, 9.17) is 4.74 Å². The van der Waals surface area contributed by atoms with Crippen molar-refractivity contribution in [3.8, 4) is 0 Å². The molecule has 28 heavy (non-hydrogen) atoms. The van der Waals surface area contributed by atoms with Gasteiger partial charge in [-0.15, -0.1) is 0 Å². The smallest absolute Gasteiger partial charge is 0.313 e. The highest BCUT2D eigenvalue weighted by Gasteiger charge is 2.42. The van der Waals surface area contributed by atoms with Gasteiger partial charge in [0.25, 0.3) is 0 Å². The minimum absolute atomic E-state index is 0.219. The van der Waals surface area contributed by atoms with Gasteiger partial charge in [0.1, 0.15) is 12.2 Å². The molecule has 1 aliphatic carbocycles. The van der Waals surface area contributed by atoms with E-state index in [1.165, 1.54) is 0 Å². The van der Waals surface area contributed by atoms with Crippen LogP contribution in [0.3, 0.4) is 0 Å². The second-order valence-corrected chi connectivity index (χ2v) is 8.24. The molecular formula is C25H26O3. The lowest BCUT2D eigenvalue weighted by atomic mass is 9.69. The topological polar surface area (TPSA) is 46.5 Å². The molecule has 1 unspecified atom stereocenters. The summed E-state index contributed by atoms with van der Waals surface area (Å²) in [6.07, 6.45) is 6.23. The largest absolute Gasteiger partial charge is 0.464 e. The number of ether oxygens (including phenoxy) is 1. The van der Waals surface area contributed by atoms with E-state index in [0.717, 1.165) is 22.3 Å². The van der Waals surface area contributed by atoms with Gasteiger partial charge in [0.05, 0.1) is 5.92 Å². The maximum atomic E-state index is 12.7. The van der Waals surface area contributed by atoms with Crippen LogP contribution in [0.5, 0.6) is 0 Å². The van der Waals surface area contributed by atoms with Gasteiger partial charge < -0.3 is 9.84 Å². The summed E-state index contributed by atoms with van der Waals surface area (Å²) in [7, 11) is 0. The minimum Gasteiger partial charge on any atom is -0.464 e. The van der Waals surface area contributed by atoms with Crippen molar-refractivity contribution in [1.29, 1.82) is 0 Å². The van der Waals surface area contributed by atoms with Crippen LogP contribution in [0.15, 0.2) is 78.4 Å². The summed E-state index contributed by atoms with van der Waals surface area (Å²) in [5, 5.41) is 12.1. The van der Waals surface area contributed by atoms with E-state index in [2.05, 4.69) is 19.1 Å². The van der Waals surface area contributed by atoms with Crippen LogP contribution in [0.4, 0.5) is 0 Å². The van der Waals surface area contributed by atoms with Crippen molar-refractivity contribution in [3.05, 3.63) is 95.1 Å². The van der Waals surface area contributed by atoms with Crippen molar-refractivity contribution in [2.24, 2.45) is 11.3 Å². The van der Waals surface area contributed by atoms with Crippen LogP contribution >= 0.6 is 0 Å². The Morgan fingerprint density at radius 1 is 1.07 bits per heavy atom. The number of carbonyl (C=O) groups excluding carboxylic acids is 1. The Morgan fingerprint density at radius 2 is 1.79 bits per heavy atom. The van der Waals surface area contributed by atoms with Gasteiger partial charge in [-0.3, -0.25) is 4.79 Å². The maximum absolute atomic E-state index is 12.7. The molecule has 0 fully saturated rings. The van der Waals surface area contributed by atoms with Gasteiger partial charge in [0, 0.05) is 11.3 Å². The van der Waals surface area contributed by atoms with Crippen molar-refractivity contribution in [2.75, 3.05) is 6.61 Å². The number of esters is 1. The summed E-state index contributed by atoms with van der Waals surface area (Å²) in [6, 6.07) is 17.5. The van der Waals surface area contributed by atoms with Crippen molar-refractivity contribution < 1.29 is 14.6 Å². The summed E-state index contributed by atoms with van der Waals surface area (Å²) in [6.45, 7) is 6.26. The molecule has 0 saturated heterocycles. The number of carbonyl (C=O) groups is 1. The predicted molar refractivity (Wildman–Crippen MR) is 110 cm³/mol. The van der Waals surface area contributed by atoms with E-state index in [0.29, 0.717) is 6.61 Å². The van der Waals surface area contributed by atoms with Gasteiger partial charge in [-0.05, 0) is 37.5 Å². The van der Waals surface area contributed by atoms with Crippen molar-refractivity contribution in [1.82, 2.24) is 0 Å². The lowest BCUT2D eigenvalue weighted by Crippen LogP contribution is -2.38. The zero-order valence-electron chi connectivity index (χ0n) is 16.6. The Bertz CT molecular complexity index is 959. The van der Waals surface area contributed by atoms with E-state index in [1.54, 1.807) is 0 Å². The number of benzene rings is 2. The van der Waals surface area contributed by atoms with Crippen LogP contribution in [0.1, 0.15) is 43.4 Å². The molecule has 2 aromatic carbocycles. The lowest BCUT2D eigenvalue weighted by Gasteiger charge is -2.40. The molecule has 0 saturated carbocycles. The second kappa shape index (κ2) is 6.75. The molecule has 0 aromatic heterocycles. The Morgan fingerprint density at radius 3 is 2.50 bits per heavy atom. The van der Waals surface area contributed by atoms with Gasteiger partial charge in [-0.1, -0.05) is 78.4 Å². The fraction of sp³-hybridized carbons (Fsp3) is 0.320. The molecule has 0 amide bonds. The van der Waals surface area contributed by atoms with Gasteiger partial charge in [0.15, 0.2) is 0 Å². The Kier molecular flexibility index (Phi) is 4.51. The molecule has 3 aliphatic rings. The van der Waals surface area contributed by atoms with E-state index in [-0.39, 0.29) is 17.3 Å². The first-order chi connectivity index (χ1) is 13.3. The Labute approximate surface area is 166 Å². The molecule has 0 spiro atoms. The van der Waals surface area contributed by atoms with E-state index in [9.17, 15) is 9.90 Å². The molecule has 3 nitrogen and oxygen atoms in total. The number of rotatable bonds is 1. The zero-order valence-corrected chi connectivity index (χ0v) is 16.6. The van der Waals surface area contributed by atoms with Crippen LogP contribution in [0, 0.1) is 11.3 Å². The highest BCUT2D eigenvalue weighted by atomic mass is 16.5. The van der Waals surface area contributed by atoms with E-state index >= 15 is 0 Å². The third-order valence-electron chi connectivity index (χ3n) is 6.39. The van der Waals surface area contributed by atoms with Gasteiger partial charge in [0.2, 0.25) is 0 Å². The molecule has 1 N–H and O–H groups in total. The van der Waals surface area contributed by atoms with Crippen molar-refractivity contribution >= 4 is 5.97 Å². The zero-order chi connectivity index (χ0) is 19.9. The molecule has 2 aliphatic heterocycles. The first kappa shape index (κ1) is 18.7. The van der Waals surface area contributed by atoms with Crippen LogP contribution in [0.2, 0.25) is 0 Å². The highest BCUT2D eigenvalue weighted by molar-refractivity contribution is 5.78. The predicted octanol–water partition coefficient (Wildman–Crippen LogP) is 4.72. The standard InChI is InChI=1S/C25H26O3/c1-17-14-22-12-13-24(17,3)16-28-23(26)18(2)19-8-7-11-21(15-19)25(22,27)20-9-5-4-6-10-20/h4-15,18,22,27H,16H2,1-3H3/t18-,22?,24+,25-/m0/s1. The molecule has 0 radical (unpaired) electrons. The van der Waals surface area contributed by atoms with Gasteiger partial charge >= 0.3 is 5.97 Å². The summed E-state index contributed by atoms with van der Waals surface area (Å²) < 4.78 is 5.67. The molecule has 3 heteroatoms. The fourth-order valence-corrected chi connectivity index (χ4v) is 4.16. The van der Waals surface area contributed by atoms with E-state index in [1.807, 2.05) is 74.5 Å². The SMILES string of the molecule is CC1=CC2C=C[C@]1(C)COC(=O)[C@@H](C)c1cccc(c1)[C@@]2(O)c1ccccc1. The van der Waals surface area contributed by atoms with Crippen LogP contribution in [-0.2, 0) is 15.1 Å². The average molecular weight is 374 g/mol. The number of aliphatic hydroxyl groups is 1. The lowest BCUT2D eigenvalue weighted by molar-refractivity contribution is -0.147. The molecule has 144 valence electrons. The van der Waals surface area contributed by atoms with Crippen LogP contribution in [0.25, 0.3) is 0 Å². The van der Waals surface area contributed by atoms with Crippen LogP contribution < -0.4 is 0 Å². The molecule has 2 aromatic rings. The average Bonchev–Trinajstić information content (AvgIpc) is 2.73. The van der Waals surface area contributed by atoms with Gasteiger partial charge in [-0.25, -0.2) is 0 Å². The maximum Gasteiger partial charge on any atom is 0.313 e. The third kappa shape index (κ3) is 2.91. The molecule has 4 bridgehead atoms. The summed E-state index contributed by atoms with van der Waals surface area (Å²) in [4.78, 5) is 12.7. The first-order valence-corrected chi connectivity index (χ1v) is 9.78. The molecule has 4 atom stereocenters. The van der Waals surface area contributed by atoms with Crippen molar-refractivity contribution in [2.45, 2.75) is 32.3 Å². The summed E-state index contributed by atoms with van der Waals surface area (Å²) >= 11 is 0. The van der Waals surface area contributed by atoms with Gasteiger partial charge in [-0.2, -0.15) is 0 Å². The molecule has 2 heterocycles. The fourth-order valence-electron chi connectivity index (χ4n) is 4.16. The van der Waals surface area contributed by atoms with Crippen molar-refractivity contribution in [3.63, 3.8) is 0 Å². The van der Waals surface area contributed by atoms with Crippen LogP contribution in [-0.4, -0.2) is 17.7 Å². The summed E-state index contributed by atoms with van der Waals surface area (Å²) in [5.41, 5.74) is 1.96. The number of hydrogen-bond donors (Lipinski definition) is 1. The normalized spacial score (nSPS) is 32.1. The first-order valence-electron chi connectivity index (χ1n) is 9.78. The monoisotopic (exact) mass is 374 g/mol. The Hall–Kier alpha value is -2.65. The second-order valence-electron chi connectivity index (χ2n) is 8.24. The number of fused-ring (bicyclic) bond motifs is 3. The molecule has 5 rings (SSSR count). The summed E-state index contributed by atoms with van der Waals surface area (Å²) in [5.74, 6) is -0.857. The number of hydrogen-bond acceptors (Lipinski definition) is 3. The molecular weight excluding hydrogens is 348 g/mol. The third-order valence-corrected chi connectivity index (χ3v) is 6.39. The Balaban J connectivity index is 1.97. The quantitative estimate of drug-likeness (QED) is 0.580. The van der Waals surface area contributed by atoms with E-state index < -0.39 is 11.5 Å².